The van der Waals surface area contributed by atoms with Crippen molar-refractivity contribution in [2.75, 3.05) is 0 Å². The molecule has 0 saturated heterocycles. The Bertz CT molecular complexity index is 996. The Kier molecular flexibility index (Phi) is 8.91. The van der Waals surface area contributed by atoms with Crippen molar-refractivity contribution in [1.82, 2.24) is 0 Å². The fraction of sp³-hybridized carbons (Fsp3) is 0.765. The van der Waals surface area contributed by atoms with Gasteiger partial charge in [0.25, 0.3) is 0 Å². The maximum Gasteiger partial charge on any atom is 0.303 e. The molecule has 0 aromatic carbocycles. The number of allylic oxidation sites excluding steroid dienone is 3. The number of carbonyl (C=O) groups is 2. The van der Waals surface area contributed by atoms with Crippen LogP contribution in [0.2, 0.25) is 0 Å². The van der Waals surface area contributed by atoms with Crippen molar-refractivity contribution in [3.8, 4) is 0 Å². The van der Waals surface area contributed by atoms with Crippen molar-refractivity contribution in [3.05, 3.63) is 36.0 Å². The Labute approximate surface area is 236 Å². The Hall–Kier alpha value is -1.88. The number of aliphatic hydroxyl groups is 1. The largest absolute Gasteiger partial charge is 0.462 e. The number of ether oxygens (including phenoxy) is 2. The molecule has 5 nitrogen and oxygen atoms in total. The molecule has 4 saturated carbocycles. The molecule has 4 aliphatic rings. The van der Waals surface area contributed by atoms with E-state index in [0.29, 0.717) is 23.7 Å². The van der Waals surface area contributed by atoms with Gasteiger partial charge in [-0.05, 0) is 113 Å². The minimum absolute atomic E-state index is 0.109. The Morgan fingerprint density at radius 2 is 1.77 bits per heavy atom. The summed E-state index contributed by atoms with van der Waals surface area (Å²) in [4.78, 5) is 23.5. The van der Waals surface area contributed by atoms with Gasteiger partial charge in [0.1, 0.15) is 12.2 Å². The van der Waals surface area contributed by atoms with E-state index in [0.717, 1.165) is 44.1 Å². The zero-order valence-corrected chi connectivity index (χ0v) is 25.2. The van der Waals surface area contributed by atoms with Gasteiger partial charge in [-0.1, -0.05) is 43.7 Å². The molecule has 0 aliphatic heterocycles. The van der Waals surface area contributed by atoms with Gasteiger partial charge in [-0.15, -0.1) is 0 Å². The van der Waals surface area contributed by atoms with Gasteiger partial charge in [-0.25, -0.2) is 0 Å². The lowest BCUT2D eigenvalue weighted by molar-refractivity contribution is -0.154. The van der Waals surface area contributed by atoms with Crippen LogP contribution < -0.4 is 0 Å². The summed E-state index contributed by atoms with van der Waals surface area (Å²) in [5, 5.41) is 10.3. The van der Waals surface area contributed by atoms with Gasteiger partial charge >= 0.3 is 11.9 Å². The van der Waals surface area contributed by atoms with Crippen LogP contribution in [-0.2, 0) is 19.1 Å². The molecule has 39 heavy (non-hydrogen) atoms. The summed E-state index contributed by atoms with van der Waals surface area (Å²) in [5.74, 6) is 0.609. The average molecular weight is 541 g/mol. The molecule has 3 unspecified atom stereocenters. The van der Waals surface area contributed by atoms with E-state index in [9.17, 15) is 14.7 Å². The summed E-state index contributed by atoms with van der Waals surface area (Å²) >= 11 is 0. The second-order valence-corrected chi connectivity index (χ2v) is 14.2. The fourth-order valence-corrected chi connectivity index (χ4v) is 8.74. The first kappa shape index (κ1) is 30.1. The molecule has 0 amide bonds. The lowest BCUT2D eigenvalue weighted by Crippen LogP contribution is -2.47. The van der Waals surface area contributed by atoms with Crippen molar-refractivity contribution in [3.63, 3.8) is 0 Å². The van der Waals surface area contributed by atoms with Gasteiger partial charge in [0, 0.05) is 26.2 Å². The number of hydrogen-bond donors (Lipinski definition) is 1. The molecule has 6 atom stereocenters. The van der Waals surface area contributed by atoms with Gasteiger partial charge < -0.3 is 14.6 Å². The number of rotatable bonds is 9. The van der Waals surface area contributed by atoms with Gasteiger partial charge in [-0.2, -0.15) is 0 Å². The van der Waals surface area contributed by atoms with Crippen molar-refractivity contribution in [2.24, 2.45) is 28.6 Å². The first-order chi connectivity index (χ1) is 18.2. The summed E-state index contributed by atoms with van der Waals surface area (Å²) in [7, 11) is 0. The molecular formula is C34H52O5. The summed E-state index contributed by atoms with van der Waals surface area (Å²) in [5.41, 5.74) is 3.94. The highest BCUT2D eigenvalue weighted by molar-refractivity contribution is 5.67. The lowest BCUT2D eigenvalue weighted by atomic mass is 9.49. The van der Waals surface area contributed by atoms with Gasteiger partial charge in [0.15, 0.2) is 0 Å². The topological polar surface area (TPSA) is 72.8 Å². The first-order valence-electron chi connectivity index (χ1n) is 15.4. The highest BCUT2D eigenvalue weighted by Gasteiger charge is 2.59. The van der Waals surface area contributed by atoms with Crippen molar-refractivity contribution in [2.45, 2.75) is 136 Å². The van der Waals surface area contributed by atoms with Crippen LogP contribution in [-0.4, -0.2) is 34.9 Å². The minimum atomic E-state index is -0.587. The number of esters is 2. The molecule has 4 fully saturated rings. The van der Waals surface area contributed by atoms with Crippen LogP contribution >= 0.6 is 0 Å². The zero-order chi connectivity index (χ0) is 28.6. The van der Waals surface area contributed by atoms with E-state index < -0.39 is 11.7 Å². The normalized spacial score (nSPS) is 35.3. The predicted octanol–water partition coefficient (Wildman–Crippen LogP) is 7.63. The van der Waals surface area contributed by atoms with Crippen LogP contribution in [0.4, 0.5) is 0 Å². The summed E-state index contributed by atoms with van der Waals surface area (Å²) in [6, 6.07) is 0. The minimum Gasteiger partial charge on any atom is -0.462 e. The molecule has 0 aromatic heterocycles. The predicted molar refractivity (Wildman–Crippen MR) is 155 cm³/mol. The van der Waals surface area contributed by atoms with E-state index in [1.54, 1.807) is 0 Å². The van der Waals surface area contributed by atoms with E-state index >= 15 is 0 Å². The third kappa shape index (κ3) is 6.89. The van der Waals surface area contributed by atoms with Crippen LogP contribution in [0, 0.1) is 28.6 Å². The molecule has 1 N–H and O–H groups in total. The Balaban J connectivity index is 1.52. The lowest BCUT2D eigenvalue weighted by Gasteiger charge is -2.55. The van der Waals surface area contributed by atoms with Crippen molar-refractivity contribution >= 4 is 11.9 Å². The van der Waals surface area contributed by atoms with E-state index in [4.69, 9.17) is 9.47 Å². The Morgan fingerprint density at radius 1 is 1.08 bits per heavy atom. The van der Waals surface area contributed by atoms with Crippen LogP contribution in [0.15, 0.2) is 36.0 Å². The first-order valence-corrected chi connectivity index (χ1v) is 15.4. The molecule has 0 heterocycles. The second kappa shape index (κ2) is 11.5. The molecule has 0 spiro atoms. The van der Waals surface area contributed by atoms with Crippen LogP contribution in [0.25, 0.3) is 0 Å². The maximum absolute atomic E-state index is 11.8. The SMILES string of the molecule is C=C1C(C/C=C2\CCC[C@@]3(C)C2C(=C)CC[C@@H]3C2(CCCC(C)(C)O)CC2)C[C@@H](OC(C)=O)CC1OC(C)=O. The van der Waals surface area contributed by atoms with E-state index in [2.05, 4.69) is 26.2 Å². The average Bonchev–Trinajstić information content (AvgIpc) is 3.58. The molecule has 0 aromatic rings. The van der Waals surface area contributed by atoms with Crippen LogP contribution in [0.3, 0.4) is 0 Å². The van der Waals surface area contributed by atoms with Crippen molar-refractivity contribution in [1.29, 1.82) is 0 Å². The molecule has 218 valence electrons. The van der Waals surface area contributed by atoms with Crippen LogP contribution in [0.5, 0.6) is 0 Å². The zero-order valence-electron chi connectivity index (χ0n) is 25.2. The van der Waals surface area contributed by atoms with Gasteiger partial charge in [0.05, 0.1) is 5.60 Å². The molecule has 0 bridgehead atoms. The molecule has 5 heteroatoms. The standard InChI is InChI=1S/C34H52O5/c1-22-11-14-30(34(18-19-34)17-9-15-32(5,6)37)33(7)16-8-10-26(31(22)33)12-13-27-20-28(38-24(3)35)21-29(23(27)2)39-25(4)36/h12,27-31,37H,1-2,8-11,13-21H2,3-7H3/b26-12+/t27?,28-,29?,30+,31?,33-/m1/s1. The van der Waals surface area contributed by atoms with Gasteiger partial charge in [-0.3, -0.25) is 9.59 Å². The van der Waals surface area contributed by atoms with Gasteiger partial charge in [0.2, 0.25) is 0 Å². The van der Waals surface area contributed by atoms with Crippen LogP contribution in [0.1, 0.15) is 118 Å². The molecule has 0 radical (unpaired) electrons. The molecular weight excluding hydrogens is 488 g/mol. The third-order valence-corrected chi connectivity index (χ3v) is 10.5. The molecule has 4 aliphatic carbocycles. The summed E-state index contributed by atoms with van der Waals surface area (Å²) in [6.45, 7) is 18.2. The molecule has 4 rings (SSSR count). The second-order valence-electron chi connectivity index (χ2n) is 14.2. The quantitative estimate of drug-likeness (QED) is 0.240. The fourth-order valence-electron chi connectivity index (χ4n) is 8.74. The van der Waals surface area contributed by atoms with Crippen molar-refractivity contribution < 1.29 is 24.2 Å². The third-order valence-electron chi connectivity index (χ3n) is 10.5. The van der Waals surface area contributed by atoms with E-state index in [1.165, 1.54) is 63.5 Å². The highest BCUT2D eigenvalue weighted by Crippen LogP contribution is 2.69. The number of carbonyl (C=O) groups excluding carboxylic acids is 2. The number of fused-ring (bicyclic) bond motifs is 1. The van der Waals surface area contributed by atoms with E-state index in [-0.39, 0.29) is 29.4 Å². The smallest absolute Gasteiger partial charge is 0.303 e. The maximum atomic E-state index is 11.8. The summed E-state index contributed by atoms with van der Waals surface area (Å²) < 4.78 is 11.2. The highest BCUT2D eigenvalue weighted by atomic mass is 16.6. The summed E-state index contributed by atoms with van der Waals surface area (Å²) in [6.07, 6.45) is 15.6. The van der Waals surface area contributed by atoms with E-state index in [1.807, 2.05) is 13.8 Å². The monoisotopic (exact) mass is 540 g/mol. The number of hydrogen-bond acceptors (Lipinski definition) is 5. The Morgan fingerprint density at radius 3 is 2.38 bits per heavy atom.